The Labute approximate surface area is 186 Å². The molecule has 0 saturated heterocycles. The van der Waals surface area contributed by atoms with Crippen molar-refractivity contribution in [3.63, 3.8) is 0 Å². The zero-order valence-electron chi connectivity index (χ0n) is 17.6. The number of amides is 1. The van der Waals surface area contributed by atoms with Gasteiger partial charge in [-0.05, 0) is 79.6 Å². The van der Waals surface area contributed by atoms with Crippen LogP contribution in [-0.2, 0) is 4.79 Å². The van der Waals surface area contributed by atoms with Crippen molar-refractivity contribution in [1.29, 1.82) is 0 Å². The molecule has 0 spiro atoms. The molecule has 0 aliphatic heterocycles. The SMILES string of the molecule is Cc1ccc(NC(=O)CCSc2ccc3c(C=Cc4ccccn4)n[nH]c3c2)cc1C. The van der Waals surface area contributed by atoms with E-state index in [1.165, 1.54) is 11.1 Å². The van der Waals surface area contributed by atoms with E-state index in [1.807, 2.05) is 55.5 Å². The van der Waals surface area contributed by atoms with Gasteiger partial charge in [0.25, 0.3) is 0 Å². The van der Waals surface area contributed by atoms with Crippen LogP contribution in [0.3, 0.4) is 0 Å². The van der Waals surface area contributed by atoms with Crippen LogP contribution in [0.4, 0.5) is 5.69 Å². The number of aromatic nitrogens is 3. The minimum absolute atomic E-state index is 0.0281. The molecule has 2 aromatic heterocycles. The van der Waals surface area contributed by atoms with Crippen LogP contribution in [-0.4, -0.2) is 26.8 Å². The maximum atomic E-state index is 12.3. The Morgan fingerprint density at radius 1 is 1.06 bits per heavy atom. The monoisotopic (exact) mass is 428 g/mol. The van der Waals surface area contributed by atoms with Gasteiger partial charge in [-0.3, -0.25) is 14.9 Å². The molecule has 6 heteroatoms. The molecule has 0 atom stereocenters. The van der Waals surface area contributed by atoms with Crippen LogP contribution in [0.2, 0.25) is 0 Å². The third-order valence-electron chi connectivity index (χ3n) is 5.05. The summed E-state index contributed by atoms with van der Waals surface area (Å²) in [7, 11) is 0. The first-order valence-corrected chi connectivity index (χ1v) is 11.1. The Morgan fingerprint density at radius 3 is 2.77 bits per heavy atom. The predicted molar refractivity (Wildman–Crippen MR) is 129 cm³/mol. The largest absolute Gasteiger partial charge is 0.326 e. The van der Waals surface area contributed by atoms with Gasteiger partial charge < -0.3 is 5.32 Å². The van der Waals surface area contributed by atoms with E-state index in [0.29, 0.717) is 12.2 Å². The summed E-state index contributed by atoms with van der Waals surface area (Å²) in [5.74, 6) is 0.739. The molecule has 0 saturated carbocycles. The summed E-state index contributed by atoms with van der Waals surface area (Å²) in [5, 5.41) is 11.5. The number of H-pyrrole nitrogens is 1. The normalized spacial score (nSPS) is 11.3. The highest BCUT2D eigenvalue weighted by molar-refractivity contribution is 7.99. The Balaban J connectivity index is 1.33. The van der Waals surface area contributed by atoms with Crippen LogP contribution < -0.4 is 5.32 Å². The minimum atomic E-state index is 0.0281. The smallest absolute Gasteiger partial charge is 0.225 e. The van der Waals surface area contributed by atoms with Crippen molar-refractivity contribution < 1.29 is 4.79 Å². The number of pyridine rings is 1. The van der Waals surface area contributed by atoms with E-state index < -0.39 is 0 Å². The number of fused-ring (bicyclic) bond motifs is 1. The maximum Gasteiger partial charge on any atom is 0.225 e. The number of anilines is 1. The molecule has 0 unspecified atom stereocenters. The summed E-state index contributed by atoms with van der Waals surface area (Å²) in [5.41, 5.74) is 6.00. The number of thioether (sulfide) groups is 1. The molecule has 0 bridgehead atoms. The quantitative estimate of drug-likeness (QED) is 0.361. The molecule has 0 aliphatic rings. The van der Waals surface area contributed by atoms with Gasteiger partial charge in [0.2, 0.25) is 5.91 Å². The number of hydrogen-bond donors (Lipinski definition) is 2. The Bertz CT molecular complexity index is 1230. The highest BCUT2D eigenvalue weighted by Gasteiger charge is 2.07. The van der Waals surface area contributed by atoms with Gasteiger partial charge in [0, 0.05) is 34.3 Å². The Kier molecular flexibility index (Phi) is 6.48. The van der Waals surface area contributed by atoms with Crippen molar-refractivity contribution in [2.45, 2.75) is 25.2 Å². The second-order valence-electron chi connectivity index (χ2n) is 7.35. The van der Waals surface area contributed by atoms with E-state index >= 15 is 0 Å². The number of carbonyl (C=O) groups excluding carboxylic acids is 1. The average Bonchev–Trinajstić information content (AvgIpc) is 3.18. The van der Waals surface area contributed by atoms with Crippen molar-refractivity contribution in [2.75, 3.05) is 11.1 Å². The van der Waals surface area contributed by atoms with Gasteiger partial charge in [0.15, 0.2) is 0 Å². The summed E-state index contributed by atoms with van der Waals surface area (Å²) in [6, 6.07) is 18.0. The molecule has 4 rings (SSSR count). The molecule has 1 amide bonds. The second-order valence-corrected chi connectivity index (χ2v) is 8.52. The number of benzene rings is 2. The highest BCUT2D eigenvalue weighted by atomic mass is 32.2. The standard InChI is InChI=1S/C25H24N4OS/c1-17-6-7-20(15-18(17)2)27-25(30)12-14-31-21-9-10-22-23(28-29-24(22)16-21)11-8-19-5-3-4-13-26-19/h3-11,13,15-16H,12,14H2,1-2H3,(H,27,30)(H,28,29). The number of hydrogen-bond acceptors (Lipinski definition) is 4. The summed E-state index contributed by atoms with van der Waals surface area (Å²) >= 11 is 1.66. The van der Waals surface area contributed by atoms with Crippen LogP contribution in [0.25, 0.3) is 23.1 Å². The van der Waals surface area contributed by atoms with Crippen molar-refractivity contribution in [3.8, 4) is 0 Å². The van der Waals surface area contributed by atoms with E-state index in [1.54, 1.807) is 18.0 Å². The van der Waals surface area contributed by atoms with Gasteiger partial charge in [-0.15, -0.1) is 11.8 Å². The van der Waals surface area contributed by atoms with Gasteiger partial charge in [-0.1, -0.05) is 12.1 Å². The van der Waals surface area contributed by atoms with E-state index in [9.17, 15) is 4.79 Å². The van der Waals surface area contributed by atoms with Gasteiger partial charge in [-0.2, -0.15) is 5.10 Å². The number of nitrogens with zero attached hydrogens (tertiary/aromatic N) is 2. The summed E-state index contributed by atoms with van der Waals surface area (Å²) < 4.78 is 0. The van der Waals surface area contributed by atoms with Gasteiger partial charge in [-0.25, -0.2) is 0 Å². The molecular weight excluding hydrogens is 404 g/mol. The Morgan fingerprint density at radius 2 is 1.97 bits per heavy atom. The van der Waals surface area contributed by atoms with Crippen LogP contribution in [0, 0.1) is 13.8 Å². The molecule has 5 nitrogen and oxygen atoms in total. The first-order chi connectivity index (χ1) is 15.1. The lowest BCUT2D eigenvalue weighted by Gasteiger charge is -2.07. The van der Waals surface area contributed by atoms with Crippen LogP contribution >= 0.6 is 11.8 Å². The molecule has 2 aromatic carbocycles. The van der Waals surface area contributed by atoms with Crippen LogP contribution in [0.15, 0.2) is 65.7 Å². The molecule has 4 aromatic rings. The fourth-order valence-corrected chi connectivity index (χ4v) is 4.07. The fourth-order valence-electron chi connectivity index (χ4n) is 3.18. The summed E-state index contributed by atoms with van der Waals surface area (Å²) in [6.45, 7) is 4.11. The topological polar surface area (TPSA) is 70.7 Å². The molecular formula is C25H24N4OS. The lowest BCUT2D eigenvalue weighted by molar-refractivity contribution is -0.115. The lowest BCUT2D eigenvalue weighted by Crippen LogP contribution is -2.12. The summed E-state index contributed by atoms with van der Waals surface area (Å²) in [4.78, 5) is 17.7. The molecule has 0 radical (unpaired) electrons. The summed E-state index contributed by atoms with van der Waals surface area (Å²) in [6.07, 6.45) is 6.14. The minimum Gasteiger partial charge on any atom is -0.326 e. The predicted octanol–water partition coefficient (Wildman–Crippen LogP) is 5.87. The molecule has 0 aliphatic carbocycles. The van der Waals surface area contributed by atoms with E-state index in [-0.39, 0.29) is 5.91 Å². The van der Waals surface area contributed by atoms with Crippen LogP contribution in [0.5, 0.6) is 0 Å². The first-order valence-electron chi connectivity index (χ1n) is 10.2. The van der Waals surface area contributed by atoms with E-state index in [2.05, 4.69) is 45.6 Å². The van der Waals surface area contributed by atoms with E-state index in [4.69, 9.17) is 0 Å². The number of aromatic amines is 1. The number of aryl methyl sites for hydroxylation is 2. The highest BCUT2D eigenvalue weighted by Crippen LogP contribution is 2.26. The Hall–Kier alpha value is -3.38. The van der Waals surface area contributed by atoms with Crippen molar-refractivity contribution >= 4 is 46.4 Å². The van der Waals surface area contributed by atoms with Crippen LogP contribution in [0.1, 0.15) is 28.9 Å². The number of rotatable bonds is 7. The van der Waals surface area contributed by atoms with Crippen molar-refractivity contribution in [1.82, 2.24) is 15.2 Å². The van der Waals surface area contributed by atoms with Gasteiger partial charge in [0.1, 0.15) is 0 Å². The second kappa shape index (κ2) is 9.62. The lowest BCUT2D eigenvalue weighted by atomic mass is 10.1. The average molecular weight is 429 g/mol. The van der Waals surface area contributed by atoms with Crippen molar-refractivity contribution in [3.05, 3.63) is 83.3 Å². The third kappa shape index (κ3) is 5.41. The van der Waals surface area contributed by atoms with Gasteiger partial charge in [0.05, 0.1) is 16.9 Å². The molecule has 156 valence electrons. The number of carbonyl (C=O) groups is 1. The zero-order valence-corrected chi connectivity index (χ0v) is 18.4. The molecule has 2 N–H and O–H groups in total. The van der Waals surface area contributed by atoms with E-state index in [0.717, 1.165) is 32.9 Å². The third-order valence-corrected chi connectivity index (χ3v) is 6.05. The zero-order chi connectivity index (χ0) is 21.6. The molecule has 0 fully saturated rings. The van der Waals surface area contributed by atoms with Gasteiger partial charge >= 0.3 is 0 Å². The van der Waals surface area contributed by atoms with Crippen molar-refractivity contribution in [2.24, 2.45) is 0 Å². The number of nitrogens with one attached hydrogen (secondary N) is 2. The molecule has 31 heavy (non-hydrogen) atoms. The fraction of sp³-hybridized carbons (Fsp3) is 0.160. The molecule has 2 heterocycles. The first kappa shape index (κ1) is 20.9. The maximum absolute atomic E-state index is 12.3.